The topological polar surface area (TPSA) is 67.4 Å². The molecule has 2 aliphatic rings. The number of carbonyl (C=O) groups excluding carboxylic acids is 2. The number of thioether (sulfide) groups is 1. The molecule has 0 radical (unpaired) electrons. The van der Waals surface area contributed by atoms with Gasteiger partial charge in [-0.05, 0) is 37.3 Å². The lowest BCUT2D eigenvalue weighted by atomic mass is 9.98. The number of carbonyl (C=O) groups is 2. The van der Waals surface area contributed by atoms with Gasteiger partial charge < -0.3 is 15.4 Å². The lowest BCUT2D eigenvalue weighted by Crippen LogP contribution is -2.54. The second-order valence-electron chi connectivity index (χ2n) is 7.45. The van der Waals surface area contributed by atoms with Crippen molar-refractivity contribution >= 4 is 23.6 Å². The Morgan fingerprint density at radius 2 is 2.04 bits per heavy atom. The number of hydrogen-bond donors (Lipinski definition) is 2. The summed E-state index contributed by atoms with van der Waals surface area (Å²) in [5.74, 6) is -0.177. The summed E-state index contributed by atoms with van der Waals surface area (Å²) in [7, 11) is 0. The van der Waals surface area contributed by atoms with Crippen LogP contribution in [0.4, 0.5) is 4.39 Å². The van der Waals surface area contributed by atoms with Gasteiger partial charge in [-0.2, -0.15) is 0 Å². The second kappa shape index (κ2) is 10.8. The lowest BCUT2D eigenvalue weighted by Gasteiger charge is -2.28. The van der Waals surface area contributed by atoms with Crippen LogP contribution >= 0.6 is 11.8 Å². The predicted octanol–water partition coefficient (Wildman–Crippen LogP) is 2.82. The number of ether oxygens (including phenoxy) is 1. The molecule has 0 bridgehead atoms. The maximum atomic E-state index is 13.8. The third-order valence-electron chi connectivity index (χ3n) is 5.28. The van der Waals surface area contributed by atoms with Crippen LogP contribution in [0.15, 0.2) is 24.3 Å². The molecule has 7 heteroatoms. The van der Waals surface area contributed by atoms with E-state index < -0.39 is 6.04 Å². The highest BCUT2D eigenvalue weighted by Crippen LogP contribution is 2.23. The van der Waals surface area contributed by atoms with Crippen molar-refractivity contribution in [1.82, 2.24) is 10.6 Å². The van der Waals surface area contributed by atoms with Gasteiger partial charge in [-0.25, -0.2) is 4.39 Å². The minimum atomic E-state index is -0.534. The molecule has 1 saturated heterocycles. The molecular formula is C21H29FN2O3S. The van der Waals surface area contributed by atoms with E-state index in [1.165, 1.54) is 37.1 Å². The van der Waals surface area contributed by atoms with Crippen molar-refractivity contribution in [2.45, 2.75) is 62.3 Å². The number of halogens is 1. The summed E-state index contributed by atoms with van der Waals surface area (Å²) in [5.41, 5.74) is 0.524. The third kappa shape index (κ3) is 6.21. The first-order valence-corrected chi connectivity index (χ1v) is 11.2. The Bertz CT molecular complexity index is 667. The van der Waals surface area contributed by atoms with Crippen LogP contribution in [0.1, 0.15) is 44.1 Å². The fourth-order valence-electron chi connectivity index (χ4n) is 3.64. The summed E-state index contributed by atoms with van der Waals surface area (Å²) in [6, 6.07) is 5.95. The van der Waals surface area contributed by atoms with E-state index in [1.54, 1.807) is 18.2 Å². The molecule has 2 atom stereocenters. The largest absolute Gasteiger partial charge is 0.378 e. The Morgan fingerprint density at radius 3 is 2.79 bits per heavy atom. The van der Waals surface area contributed by atoms with Gasteiger partial charge in [0.05, 0.1) is 11.4 Å². The lowest BCUT2D eigenvalue weighted by molar-refractivity contribution is -0.128. The quantitative estimate of drug-likeness (QED) is 0.649. The average molecular weight is 409 g/mol. The van der Waals surface area contributed by atoms with Crippen LogP contribution in [0.2, 0.25) is 0 Å². The molecule has 0 spiro atoms. The molecule has 0 aromatic heterocycles. The van der Waals surface area contributed by atoms with Gasteiger partial charge in [0.2, 0.25) is 11.8 Å². The van der Waals surface area contributed by atoms with Crippen LogP contribution in [-0.4, -0.2) is 48.1 Å². The summed E-state index contributed by atoms with van der Waals surface area (Å²) in [6.07, 6.45) is 7.57. The number of nitrogens with one attached hydrogen (secondary N) is 2. The molecule has 2 amide bonds. The Hall–Kier alpha value is -1.60. The minimum absolute atomic E-state index is 0.164. The number of hydrogen-bond acceptors (Lipinski definition) is 4. The van der Waals surface area contributed by atoms with Crippen LogP contribution in [0.3, 0.4) is 0 Å². The molecular weight excluding hydrogens is 379 g/mol. The van der Waals surface area contributed by atoms with E-state index in [2.05, 4.69) is 10.6 Å². The smallest absolute Gasteiger partial charge is 0.243 e. The molecule has 1 heterocycles. The molecule has 28 heavy (non-hydrogen) atoms. The van der Waals surface area contributed by atoms with Crippen molar-refractivity contribution in [3.8, 4) is 0 Å². The molecule has 2 N–H and O–H groups in total. The molecule has 1 aromatic carbocycles. The second-order valence-corrected chi connectivity index (χ2v) is 8.69. The molecule has 154 valence electrons. The van der Waals surface area contributed by atoms with Crippen molar-refractivity contribution in [3.05, 3.63) is 35.6 Å². The molecule has 1 aliphatic heterocycles. The molecule has 1 aliphatic carbocycles. The van der Waals surface area contributed by atoms with E-state index in [9.17, 15) is 14.0 Å². The summed E-state index contributed by atoms with van der Waals surface area (Å²) >= 11 is 1.41. The van der Waals surface area contributed by atoms with Crippen molar-refractivity contribution in [2.75, 3.05) is 18.9 Å². The fraction of sp³-hybridized carbons (Fsp3) is 0.619. The van der Waals surface area contributed by atoms with E-state index in [0.29, 0.717) is 37.0 Å². The van der Waals surface area contributed by atoms with Crippen molar-refractivity contribution in [1.29, 1.82) is 0 Å². The van der Waals surface area contributed by atoms with Crippen LogP contribution in [0, 0.1) is 5.82 Å². The van der Waals surface area contributed by atoms with Crippen molar-refractivity contribution < 1.29 is 18.7 Å². The molecule has 1 aromatic rings. The van der Waals surface area contributed by atoms with Crippen LogP contribution in [0.25, 0.3) is 0 Å². The van der Waals surface area contributed by atoms with E-state index in [-0.39, 0.29) is 22.9 Å². The van der Waals surface area contributed by atoms with Gasteiger partial charge in [0.1, 0.15) is 11.9 Å². The van der Waals surface area contributed by atoms with Gasteiger partial charge in [0, 0.05) is 18.9 Å². The molecule has 0 unspecified atom stereocenters. The van der Waals surface area contributed by atoms with Gasteiger partial charge in [-0.3, -0.25) is 9.59 Å². The minimum Gasteiger partial charge on any atom is -0.378 e. The van der Waals surface area contributed by atoms with Crippen LogP contribution in [0.5, 0.6) is 0 Å². The first-order valence-electron chi connectivity index (χ1n) is 10.2. The van der Waals surface area contributed by atoms with Crippen LogP contribution < -0.4 is 10.6 Å². The van der Waals surface area contributed by atoms with E-state index in [1.807, 2.05) is 0 Å². The van der Waals surface area contributed by atoms with Crippen LogP contribution in [-0.2, 0) is 20.7 Å². The highest BCUT2D eigenvalue weighted by atomic mass is 32.2. The third-order valence-corrected chi connectivity index (χ3v) is 6.59. The summed E-state index contributed by atoms with van der Waals surface area (Å²) in [6.45, 7) is 1.20. The van der Waals surface area contributed by atoms with Crippen molar-refractivity contribution in [2.24, 2.45) is 0 Å². The highest BCUT2D eigenvalue weighted by molar-refractivity contribution is 8.00. The maximum absolute atomic E-state index is 13.8. The zero-order valence-electron chi connectivity index (χ0n) is 16.1. The molecule has 3 rings (SSSR count). The van der Waals surface area contributed by atoms with Gasteiger partial charge >= 0.3 is 0 Å². The normalized spacial score (nSPS) is 23.2. The number of amides is 2. The molecule has 5 nitrogen and oxygen atoms in total. The van der Waals surface area contributed by atoms with E-state index >= 15 is 0 Å². The Morgan fingerprint density at radius 1 is 1.25 bits per heavy atom. The first kappa shape index (κ1) is 21.1. The summed E-state index contributed by atoms with van der Waals surface area (Å²) in [5, 5.41) is 5.28. The monoisotopic (exact) mass is 408 g/mol. The zero-order chi connectivity index (χ0) is 19.8. The van der Waals surface area contributed by atoms with Gasteiger partial charge in [0.25, 0.3) is 0 Å². The Balaban J connectivity index is 1.33. The van der Waals surface area contributed by atoms with E-state index in [0.717, 1.165) is 19.3 Å². The maximum Gasteiger partial charge on any atom is 0.243 e. The summed E-state index contributed by atoms with van der Waals surface area (Å²) in [4.78, 5) is 24.6. The first-order chi connectivity index (χ1) is 13.6. The number of rotatable bonds is 8. The number of benzene rings is 1. The van der Waals surface area contributed by atoms with Gasteiger partial charge in [-0.15, -0.1) is 11.8 Å². The van der Waals surface area contributed by atoms with E-state index in [4.69, 9.17) is 4.74 Å². The Kier molecular flexibility index (Phi) is 8.15. The zero-order valence-corrected chi connectivity index (χ0v) is 16.9. The molecule has 1 saturated carbocycles. The standard InChI is InChI=1S/C21H29FN2O3S/c22-17-10-5-4-7-15(17)13-19-21(26)24-18(14-28-19)20(25)23-11-6-12-27-16-8-2-1-3-9-16/h4-5,7,10,16,18-19H,1-3,6,8-9,11-14H2,(H,23,25)(H,24,26)/t18-,19-/m0/s1. The van der Waals surface area contributed by atoms with Crippen molar-refractivity contribution in [3.63, 3.8) is 0 Å². The van der Waals surface area contributed by atoms with Gasteiger partial charge in [-0.1, -0.05) is 37.5 Å². The Labute approximate surface area is 170 Å². The summed E-state index contributed by atoms with van der Waals surface area (Å²) < 4.78 is 19.6. The predicted molar refractivity (Wildman–Crippen MR) is 109 cm³/mol. The average Bonchev–Trinajstić information content (AvgIpc) is 2.71. The van der Waals surface area contributed by atoms with Gasteiger partial charge in [0.15, 0.2) is 0 Å². The highest BCUT2D eigenvalue weighted by Gasteiger charge is 2.32. The SMILES string of the molecule is O=C(NCCCOC1CCCCC1)[C@@H]1CS[C@@H](Cc2ccccc2F)C(=O)N1. The fourth-order valence-corrected chi connectivity index (χ4v) is 4.82. The molecule has 2 fully saturated rings.